The van der Waals surface area contributed by atoms with Crippen LogP contribution in [0.1, 0.15) is 17.2 Å². The van der Waals surface area contributed by atoms with Crippen LogP contribution in [0.15, 0.2) is 59.7 Å². The standard InChI is InChI=1S/C16H16N2O3/c1-21-14-9-5-6-12(10-14)11-17-18-16(20)15(19)13-7-3-2-4-8-13/h2-11,15,19H,1H3,(H,18,20)/b17-11-/t15-/m1/s1. The van der Waals surface area contributed by atoms with E-state index in [0.717, 1.165) is 5.56 Å². The molecule has 2 aromatic carbocycles. The molecule has 21 heavy (non-hydrogen) atoms. The van der Waals surface area contributed by atoms with Gasteiger partial charge in [-0.2, -0.15) is 5.10 Å². The number of carbonyl (C=O) groups is 1. The van der Waals surface area contributed by atoms with Gasteiger partial charge in [0.25, 0.3) is 5.91 Å². The average Bonchev–Trinajstić information content (AvgIpc) is 2.55. The third kappa shape index (κ3) is 4.15. The fourth-order valence-electron chi connectivity index (χ4n) is 1.74. The molecule has 0 heterocycles. The maximum Gasteiger partial charge on any atom is 0.273 e. The summed E-state index contributed by atoms with van der Waals surface area (Å²) in [4.78, 5) is 11.8. The van der Waals surface area contributed by atoms with Crippen LogP contribution < -0.4 is 10.2 Å². The van der Waals surface area contributed by atoms with Gasteiger partial charge in [0, 0.05) is 0 Å². The summed E-state index contributed by atoms with van der Waals surface area (Å²) in [6.07, 6.45) is 0.242. The number of hydrazone groups is 1. The van der Waals surface area contributed by atoms with Crippen molar-refractivity contribution in [3.63, 3.8) is 0 Å². The van der Waals surface area contributed by atoms with Crippen LogP contribution in [-0.2, 0) is 4.79 Å². The zero-order valence-corrected chi connectivity index (χ0v) is 11.6. The highest BCUT2D eigenvalue weighted by Crippen LogP contribution is 2.12. The second-order valence-corrected chi connectivity index (χ2v) is 4.32. The first-order chi connectivity index (χ1) is 10.2. The van der Waals surface area contributed by atoms with Crippen molar-refractivity contribution < 1.29 is 14.6 Å². The Hall–Kier alpha value is -2.66. The summed E-state index contributed by atoms with van der Waals surface area (Å²) in [5.41, 5.74) is 3.61. The molecule has 0 spiro atoms. The first-order valence-electron chi connectivity index (χ1n) is 6.40. The van der Waals surface area contributed by atoms with Gasteiger partial charge in [-0.3, -0.25) is 4.79 Å². The molecule has 0 saturated carbocycles. The van der Waals surface area contributed by atoms with Gasteiger partial charge in [0.2, 0.25) is 0 Å². The summed E-state index contributed by atoms with van der Waals surface area (Å²) in [7, 11) is 1.58. The lowest BCUT2D eigenvalue weighted by atomic mass is 10.1. The molecule has 5 nitrogen and oxygen atoms in total. The fraction of sp³-hybridized carbons (Fsp3) is 0.125. The van der Waals surface area contributed by atoms with Crippen molar-refractivity contribution in [1.29, 1.82) is 0 Å². The predicted molar refractivity (Wildman–Crippen MR) is 80.1 cm³/mol. The van der Waals surface area contributed by atoms with Gasteiger partial charge < -0.3 is 9.84 Å². The minimum absolute atomic E-state index is 0.520. The van der Waals surface area contributed by atoms with Gasteiger partial charge in [-0.25, -0.2) is 5.43 Å². The van der Waals surface area contributed by atoms with Crippen molar-refractivity contribution >= 4 is 12.1 Å². The van der Waals surface area contributed by atoms with Crippen molar-refractivity contribution in [2.24, 2.45) is 5.10 Å². The normalized spacial score (nSPS) is 12.1. The van der Waals surface area contributed by atoms with Gasteiger partial charge in [0.05, 0.1) is 13.3 Å². The molecule has 0 radical (unpaired) electrons. The molecule has 2 rings (SSSR count). The topological polar surface area (TPSA) is 70.9 Å². The number of hydrogen-bond donors (Lipinski definition) is 2. The Morgan fingerprint density at radius 1 is 1.24 bits per heavy atom. The molecule has 0 aromatic heterocycles. The van der Waals surface area contributed by atoms with Crippen LogP contribution in [0.3, 0.4) is 0 Å². The lowest BCUT2D eigenvalue weighted by molar-refractivity contribution is -0.129. The Morgan fingerprint density at radius 3 is 2.71 bits per heavy atom. The Balaban J connectivity index is 1.95. The van der Waals surface area contributed by atoms with E-state index in [1.165, 1.54) is 6.21 Å². The third-order valence-corrected chi connectivity index (χ3v) is 2.85. The quantitative estimate of drug-likeness (QED) is 0.650. The number of hydrogen-bond acceptors (Lipinski definition) is 4. The molecule has 1 atom stereocenters. The van der Waals surface area contributed by atoms with Gasteiger partial charge in [0.15, 0.2) is 6.10 Å². The molecular weight excluding hydrogens is 268 g/mol. The monoisotopic (exact) mass is 284 g/mol. The molecule has 0 aliphatic heterocycles. The number of benzene rings is 2. The van der Waals surface area contributed by atoms with Crippen molar-refractivity contribution in [2.75, 3.05) is 7.11 Å². The van der Waals surface area contributed by atoms with E-state index >= 15 is 0 Å². The summed E-state index contributed by atoms with van der Waals surface area (Å²) in [5.74, 6) is 0.120. The number of carbonyl (C=O) groups excluding carboxylic acids is 1. The summed E-state index contributed by atoms with van der Waals surface area (Å²) in [5, 5.41) is 13.7. The van der Waals surface area contributed by atoms with E-state index in [4.69, 9.17) is 4.74 Å². The highest BCUT2D eigenvalue weighted by molar-refractivity contribution is 5.85. The maximum absolute atomic E-state index is 11.8. The number of methoxy groups -OCH3 is 1. The van der Waals surface area contributed by atoms with Crippen molar-refractivity contribution in [3.05, 3.63) is 65.7 Å². The smallest absolute Gasteiger partial charge is 0.273 e. The Morgan fingerprint density at radius 2 is 2.00 bits per heavy atom. The van der Waals surface area contributed by atoms with Gasteiger partial charge in [0.1, 0.15) is 5.75 Å². The Labute approximate surface area is 122 Å². The average molecular weight is 284 g/mol. The number of aliphatic hydroxyl groups is 1. The van der Waals surface area contributed by atoms with Gasteiger partial charge >= 0.3 is 0 Å². The summed E-state index contributed by atoms with van der Waals surface area (Å²) < 4.78 is 5.09. The van der Waals surface area contributed by atoms with E-state index in [1.54, 1.807) is 37.4 Å². The molecule has 108 valence electrons. The summed E-state index contributed by atoms with van der Waals surface area (Å²) in [6, 6.07) is 15.9. The number of ether oxygens (including phenoxy) is 1. The molecule has 0 unspecified atom stereocenters. The summed E-state index contributed by atoms with van der Waals surface area (Å²) in [6.45, 7) is 0. The van der Waals surface area contributed by atoms with E-state index in [2.05, 4.69) is 10.5 Å². The van der Waals surface area contributed by atoms with Crippen LogP contribution in [0.2, 0.25) is 0 Å². The first-order valence-corrected chi connectivity index (χ1v) is 6.40. The molecule has 0 saturated heterocycles. The zero-order chi connectivity index (χ0) is 15.1. The second-order valence-electron chi connectivity index (χ2n) is 4.32. The lowest BCUT2D eigenvalue weighted by Crippen LogP contribution is -2.25. The van der Waals surface area contributed by atoms with E-state index in [9.17, 15) is 9.90 Å². The first kappa shape index (κ1) is 14.7. The minimum atomic E-state index is -1.24. The third-order valence-electron chi connectivity index (χ3n) is 2.85. The molecule has 1 amide bonds. The van der Waals surface area contributed by atoms with Crippen LogP contribution in [0.5, 0.6) is 5.75 Å². The van der Waals surface area contributed by atoms with E-state index in [0.29, 0.717) is 11.3 Å². The number of amides is 1. The van der Waals surface area contributed by atoms with Gasteiger partial charge in [-0.1, -0.05) is 42.5 Å². The number of nitrogens with zero attached hydrogens (tertiary/aromatic N) is 1. The molecular formula is C16H16N2O3. The fourth-order valence-corrected chi connectivity index (χ4v) is 1.74. The molecule has 0 aliphatic rings. The van der Waals surface area contributed by atoms with Crippen molar-refractivity contribution in [3.8, 4) is 5.75 Å². The van der Waals surface area contributed by atoms with Crippen LogP contribution in [0.25, 0.3) is 0 Å². The maximum atomic E-state index is 11.8. The van der Waals surface area contributed by atoms with Crippen LogP contribution in [0, 0.1) is 0 Å². The van der Waals surface area contributed by atoms with E-state index in [1.807, 2.05) is 24.3 Å². The molecule has 0 fully saturated rings. The number of nitrogens with one attached hydrogen (secondary N) is 1. The molecule has 2 aromatic rings. The molecule has 2 N–H and O–H groups in total. The van der Waals surface area contributed by atoms with Crippen LogP contribution in [-0.4, -0.2) is 24.3 Å². The highest BCUT2D eigenvalue weighted by Gasteiger charge is 2.15. The lowest BCUT2D eigenvalue weighted by Gasteiger charge is -2.08. The van der Waals surface area contributed by atoms with E-state index in [-0.39, 0.29) is 0 Å². The number of aliphatic hydroxyl groups excluding tert-OH is 1. The van der Waals surface area contributed by atoms with Crippen molar-refractivity contribution in [1.82, 2.24) is 5.43 Å². The number of rotatable bonds is 5. The second kappa shape index (κ2) is 7.21. The molecule has 0 bridgehead atoms. The largest absolute Gasteiger partial charge is 0.497 e. The SMILES string of the molecule is COc1cccc(/C=N\NC(=O)[C@H](O)c2ccccc2)c1. The van der Waals surface area contributed by atoms with Gasteiger partial charge in [-0.15, -0.1) is 0 Å². The Kier molecular flexibility index (Phi) is 5.06. The van der Waals surface area contributed by atoms with Crippen molar-refractivity contribution in [2.45, 2.75) is 6.10 Å². The van der Waals surface area contributed by atoms with E-state index < -0.39 is 12.0 Å². The molecule has 5 heteroatoms. The highest BCUT2D eigenvalue weighted by atomic mass is 16.5. The zero-order valence-electron chi connectivity index (χ0n) is 11.6. The molecule has 0 aliphatic carbocycles. The Bertz CT molecular complexity index is 626. The summed E-state index contributed by atoms with van der Waals surface area (Å²) >= 11 is 0. The van der Waals surface area contributed by atoms with Crippen LogP contribution >= 0.6 is 0 Å². The van der Waals surface area contributed by atoms with Gasteiger partial charge in [-0.05, 0) is 23.3 Å². The predicted octanol–water partition coefficient (Wildman–Crippen LogP) is 1.88. The minimum Gasteiger partial charge on any atom is -0.497 e. The van der Waals surface area contributed by atoms with Crippen LogP contribution in [0.4, 0.5) is 0 Å².